The summed E-state index contributed by atoms with van der Waals surface area (Å²) >= 11 is 0. The van der Waals surface area contributed by atoms with E-state index < -0.39 is 17.3 Å². The van der Waals surface area contributed by atoms with Gasteiger partial charge >= 0.3 is 6.18 Å². The number of amides is 1. The molecule has 1 N–H and O–H groups in total. The predicted octanol–water partition coefficient (Wildman–Crippen LogP) is 5.02. The van der Waals surface area contributed by atoms with Crippen LogP contribution < -0.4 is 14.8 Å². The van der Waals surface area contributed by atoms with Crippen LogP contribution in [0.2, 0.25) is 0 Å². The van der Waals surface area contributed by atoms with Crippen molar-refractivity contribution in [1.82, 2.24) is 10.2 Å². The summed E-state index contributed by atoms with van der Waals surface area (Å²) in [6.45, 7) is 3.91. The molecule has 2 heterocycles. The average molecular weight is 529 g/mol. The first-order chi connectivity index (χ1) is 16.7. The highest BCUT2D eigenvalue weighted by atomic mass is 35.5. The highest BCUT2D eigenvalue weighted by Gasteiger charge is 2.48. The Balaban J connectivity index is 0.00000361. The van der Waals surface area contributed by atoms with Crippen LogP contribution >= 0.6 is 12.4 Å². The highest BCUT2D eigenvalue weighted by molar-refractivity contribution is 5.87. The molecule has 0 radical (unpaired) electrons. The Morgan fingerprint density at radius 1 is 1.17 bits per heavy atom. The van der Waals surface area contributed by atoms with Crippen molar-refractivity contribution in [2.45, 2.75) is 50.0 Å². The molecular weight excluding hydrogens is 497 g/mol. The van der Waals surface area contributed by atoms with Crippen LogP contribution in [-0.4, -0.2) is 55.9 Å². The van der Waals surface area contributed by atoms with E-state index in [1.54, 1.807) is 7.11 Å². The van der Waals surface area contributed by atoms with Crippen molar-refractivity contribution < 1.29 is 32.2 Å². The Morgan fingerprint density at radius 3 is 2.58 bits per heavy atom. The van der Waals surface area contributed by atoms with Crippen LogP contribution in [-0.2, 0) is 15.7 Å². The summed E-state index contributed by atoms with van der Waals surface area (Å²) < 4.78 is 56.1. The standard InChI is InChI=1S/C26H31F3N2O4.ClH/c1-18(22-8-3-4-9-23(22)33-2)30-24(32)25(11-14-34-15-12-25)31-13-10-21(17-31)35-20-7-5-6-19(16-20)26(27,28)29;/h3-9,16,18,21H,10-15,17H2,1-2H3,(H,30,32);1H/t18-,21+;/m0./s1. The molecule has 0 spiro atoms. The van der Waals surface area contributed by atoms with Crippen LogP contribution in [0.15, 0.2) is 48.5 Å². The van der Waals surface area contributed by atoms with Gasteiger partial charge < -0.3 is 19.5 Å². The van der Waals surface area contributed by atoms with Gasteiger partial charge in [0.2, 0.25) is 5.91 Å². The molecule has 0 aliphatic carbocycles. The van der Waals surface area contributed by atoms with Gasteiger partial charge in [0.15, 0.2) is 0 Å². The minimum Gasteiger partial charge on any atom is -0.496 e. The molecule has 1 amide bonds. The van der Waals surface area contributed by atoms with Gasteiger partial charge in [-0.05, 0) is 50.5 Å². The zero-order chi connectivity index (χ0) is 25.1. The van der Waals surface area contributed by atoms with E-state index in [2.05, 4.69) is 10.2 Å². The van der Waals surface area contributed by atoms with E-state index in [4.69, 9.17) is 14.2 Å². The highest BCUT2D eigenvalue weighted by Crippen LogP contribution is 2.35. The van der Waals surface area contributed by atoms with Crippen molar-refractivity contribution in [2.75, 3.05) is 33.4 Å². The van der Waals surface area contributed by atoms with Crippen LogP contribution in [0.1, 0.15) is 43.4 Å². The maximum absolute atomic E-state index is 13.7. The molecular formula is C26H32ClF3N2O4. The topological polar surface area (TPSA) is 60.0 Å². The molecule has 2 saturated heterocycles. The van der Waals surface area contributed by atoms with E-state index in [1.807, 2.05) is 31.2 Å². The summed E-state index contributed by atoms with van der Waals surface area (Å²) in [4.78, 5) is 15.8. The molecule has 36 heavy (non-hydrogen) atoms. The van der Waals surface area contributed by atoms with Crippen LogP contribution in [0.3, 0.4) is 0 Å². The van der Waals surface area contributed by atoms with Crippen LogP contribution in [0, 0.1) is 0 Å². The van der Waals surface area contributed by atoms with Gasteiger partial charge in [0.05, 0.1) is 18.7 Å². The SMILES string of the molecule is COc1ccccc1[C@H](C)NC(=O)C1(N2CC[C@@H](Oc3cccc(C(F)(F)F)c3)C2)CCOCC1.Cl. The molecule has 0 bridgehead atoms. The molecule has 10 heteroatoms. The number of halogens is 4. The third-order valence-electron chi connectivity index (χ3n) is 6.91. The molecule has 0 saturated carbocycles. The number of rotatable bonds is 7. The number of carbonyl (C=O) groups excluding carboxylic acids is 1. The number of methoxy groups -OCH3 is 1. The molecule has 2 aromatic carbocycles. The predicted molar refractivity (Wildman–Crippen MR) is 132 cm³/mol. The first-order valence-corrected chi connectivity index (χ1v) is 11.8. The number of carbonyl (C=O) groups is 1. The van der Waals surface area contributed by atoms with Gasteiger partial charge in [-0.3, -0.25) is 9.69 Å². The molecule has 6 nitrogen and oxygen atoms in total. The second-order valence-electron chi connectivity index (χ2n) is 9.08. The lowest BCUT2D eigenvalue weighted by Crippen LogP contribution is -2.61. The minimum atomic E-state index is -4.43. The third kappa shape index (κ3) is 6.07. The van der Waals surface area contributed by atoms with Crippen molar-refractivity contribution >= 4 is 18.3 Å². The maximum atomic E-state index is 13.7. The quantitative estimate of drug-likeness (QED) is 0.547. The Kier molecular flexibility index (Phi) is 9.13. The van der Waals surface area contributed by atoms with Gasteiger partial charge in [0.1, 0.15) is 23.1 Å². The van der Waals surface area contributed by atoms with Gasteiger partial charge in [-0.2, -0.15) is 13.2 Å². The van der Waals surface area contributed by atoms with E-state index >= 15 is 0 Å². The number of benzene rings is 2. The van der Waals surface area contributed by atoms with E-state index in [1.165, 1.54) is 12.1 Å². The molecule has 198 valence electrons. The van der Waals surface area contributed by atoms with Gasteiger partial charge in [-0.1, -0.05) is 24.3 Å². The summed E-state index contributed by atoms with van der Waals surface area (Å²) in [5.41, 5.74) is -0.617. The van der Waals surface area contributed by atoms with Crippen LogP contribution in [0.5, 0.6) is 11.5 Å². The third-order valence-corrected chi connectivity index (χ3v) is 6.91. The molecule has 4 rings (SSSR count). The Morgan fingerprint density at radius 2 is 1.89 bits per heavy atom. The fourth-order valence-corrected chi connectivity index (χ4v) is 4.98. The van der Waals surface area contributed by atoms with E-state index in [9.17, 15) is 18.0 Å². The van der Waals surface area contributed by atoms with Gasteiger partial charge in [0, 0.05) is 31.9 Å². The Labute approximate surface area is 215 Å². The lowest BCUT2D eigenvalue weighted by Gasteiger charge is -2.43. The largest absolute Gasteiger partial charge is 0.496 e. The van der Waals surface area contributed by atoms with Crippen molar-refractivity contribution in [1.29, 1.82) is 0 Å². The second-order valence-corrected chi connectivity index (χ2v) is 9.08. The number of hydrogen-bond donors (Lipinski definition) is 1. The minimum absolute atomic E-state index is 0. The fraction of sp³-hybridized carbons (Fsp3) is 0.500. The van der Waals surface area contributed by atoms with Crippen LogP contribution in [0.25, 0.3) is 0 Å². The number of hydrogen-bond acceptors (Lipinski definition) is 5. The summed E-state index contributed by atoms with van der Waals surface area (Å²) in [5, 5.41) is 3.16. The van der Waals surface area contributed by atoms with Crippen molar-refractivity contribution in [3.63, 3.8) is 0 Å². The van der Waals surface area contributed by atoms with Gasteiger partial charge in [-0.15, -0.1) is 12.4 Å². The summed E-state index contributed by atoms with van der Waals surface area (Å²) in [6.07, 6.45) is -3.04. The number of para-hydroxylation sites is 1. The molecule has 2 atom stereocenters. The smallest absolute Gasteiger partial charge is 0.416 e. The fourth-order valence-electron chi connectivity index (χ4n) is 4.98. The summed E-state index contributed by atoms with van der Waals surface area (Å²) in [5.74, 6) is 0.804. The first-order valence-electron chi connectivity index (χ1n) is 11.8. The lowest BCUT2D eigenvalue weighted by molar-refractivity contribution is -0.141. The second kappa shape index (κ2) is 11.7. The number of likely N-dealkylation sites (tertiary alicyclic amines) is 1. The van der Waals surface area contributed by atoms with Gasteiger partial charge in [-0.25, -0.2) is 0 Å². The Hall–Kier alpha value is -2.49. The number of alkyl halides is 3. The molecule has 2 aliphatic heterocycles. The van der Waals surface area contributed by atoms with Crippen LogP contribution in [0.4, 0.5) is 13.2 Å². The first kappa shape index (κ1) is 28.1. The van der Waals surface area contributed by atoms with E-state index in [0.29, 0.717) is 51.3 Å². The molecule has 0 aromatic heterocycles. The normalized spacial score (nSPS) is 20.8. The van der Waals surface area contributed by atoms with Crippen molar-refractivity contribution in [3.8, 4) is 11.5 Å². The van der Waals surface area contributed by atoms with E-state index in [-0.39, 0.29) is 36.2 Å². The number of ether oxygens (including phenoxy) is 3. The molecule has 0 unspecified atom stereocenters. The lowest BCUT2D eigenvalue weighted by atomic mass is 9.86. The number of nitrogens with one attached hydrogen (secondary N) is 1. The summed E-state index contributed by atoms with van der Waals surface area (Å²) in [6, 6.07) is 12.2. The van der Waals surface area contributed by atoms with Gasteiger partial charge in [0.25, 0.3) is 0 Å². The number of nitrogens with zero attached hydrogens (tertiary/aromatic N) is 1. The molecule has 2 fully saturated rings. The molecule has 2 aromatic rings. The summed E-state index contributed by atoms with van der Waals surface area (Å²) in [7, 11) is 1.60. The molecule has 2 aliphatic rings. The Bertz CT molecular complexity index is 1030. The monoisotopic (exact) mass is 528 g/mol. The van der Waals surface area contributed by atoms with E-state index in [0.717, 1.165) is 17.7 Å². The zero-order valence-electron chi connectivity index (χ0n) is 20.3. The van der Waals surface area contributed by atoms with Crippen molar-refractivity contribution in [3.05, 3.63) is 59.7 Å². The average Bonchev–Trinajstić information content (AvgIpc) is 3.33. The van der Waals surface area contributed by atoms with Crippen molar-refractivity contribution in [2.24, 2.45) is 0 Å². The maximum Gasteiger partial charge on any atom is 0.416 e. The zero-order valence-corrected chi connectivity index (χ0v) is 21.2.